The summed E-state index contributed by atoms with van der Waals surface area (Å²) >= 11 is 1.74. The molecule has 1 atom stereocenters. The number of aliphatic hydroxyl groups is 1. The fourth-order valence-corrected chi connectivity index (χ4v) is 5.81. The Hall–Kier alpha value is -2.92. The van der Waals surface area contributed by atoms with E-state index >= 15 is 0 Å². The Kier molecular flexibility index (Phi) is 7.29. The van der Waals surface area contributed by atoms with Crippen LogP contribution in [0.4, 0.5) is 5.82 Å². The molecule has 3 heterocycles. The van der Waals surface area contributed by atoms with E-state index in [9.17, 15) is 5.11 Å². The van der Waals surface area contributed by atoms with Crippen molar-refractivity contribution in [3.63, 3.8) is 0 Å². The maximum Gasteiger partial charge on any atom is 0.166 e. The molecule has 1 unspecified atom stereocenters. The summed E-state index contributed by atoms with van der Waals surface area (Å²) in [4.78, 5) is 12.6. The highest BCUT2D eigenvalue weighted by Gasteiger charge is 2.34. The van der Waals surface area contributed by atoms with Crippen LogP contribution in [0.3, 0.4) is 0 Å². The van der Waals surface area contributed by atoms with Gasteiger partial charge in [0, 0.05) is 29.4 Å². The summed E-state index contributed by atoms with van der Waals surface area (Å²) in [6, 6.07) is 9.86. The molecule has 5 rings (SSSR count). The van der Waals surface area contributed by atoms with Crippen molar-refractivity contribution in [2.45, 2.75) is 57.2 Å². The summed E-state index contributed by atoms with van der Waals surface area (Å²) in [6.07, 6.45) is 9.31. The minimum Gasteiger partial charge on any atom is -0.485 e. The molecule has 3 aromatic rings. The molecule has 2 aromatic heterocycles. The van der Waals surface area contributed by atoms with Crippen LogP contribution < -0.4 is 10.5 Å². The van der Waals surface area contributed by atoms with Gasteiger partial charge in [-0.2, -0.15) is 0 Å². The average Bonchev–Trinajstić information content (AvgIpc) is 3.32. The SMILES string of the molecule is CN1CCC(c2ncc(-c3cnc(N)c(OCc4cccc(C#CC(C)(O)C5CCC5)c4)c3)s2)CC1. The minimum atomic E-state index is -0.935. The van der Waals surface area contributed by atoms with E-state index in [4.69, 9.17) is 15.5 Å². The lowest BCUT2D eigenvalue weighted by atomic mass is 9.74. The lowest BCUT2D eigenvalue weighted by molar-refractivity contribution is 0.0163. The number of hydrogen-bond donors (Lipinski definition) is 2. The quantitative estimate of drug-likeness (QED) is 0.458. The van der Waals surface area contributed by atoms with Crippen LogP contribution in [0.1, 0.15) is 61.1 Å². The smallest absolute Gasteiger partial charge is 0.166 e. The lowest BCUT2D eigenvalue weighted by Gasteiger charge is -2.35. The van der Waals surface area contributed by atoms with Gasteiger partial charge in [0.15, 0.2) is 11.6 Å². The lowest BCUT2D eigenvalue weighted by Crippen LogP contribution is -2.37. The highest BCUT2D eigenvalue weighted by atomic mass is 32.1. The molecule has 2 fully saturated rings. The van der Waals surface area contributed by atoms with E-state index in [1.54, 1.807) is 17.5 Å². The van der Waals surface area contributed by atoms with Crippen LogP contribution in [0.5, 0.6) is 5.75 Å². The number of benzene rings is 1. The van der Waals surface area contributed by atoms with Crippen molar-refractivity contribution in [2.24, 2.45) is 5.92 Å². The van der Waals surface area contributed by atoms with Gasteiger partial charge in [0.05, 0.1) is 9.88 Å². The van der Waals surface area contributed by atoms with E-state index in [-0.39, 0.29) is 5.92 Å². The molecular weight excluding hydrogens is 468 g/mol. The fourth-order valence-electron chi connectivity index (χ4n) is 4.74. The maximum absolute atomic E-state index is 10.6. The van der Waals surface area contributed by atoms with E-state index < -0.39 is 5.60 Å². The highest BCUT2D eigenvalue weighted by molar-refractivity contribution is 7.15. The Bertz CT molecular complexity index is 1260. The standard InChI is InChI=1S/C29H34N4O2S/c1-29(34,24-7-4-8-24)12-9-20-5-3-6-21(15-20)19-35-25-16-23(17-31-27(25)30)26-18-32-28(36-26)22-10-13-33(2)14-11-22/h3,5-6,15-18,22,24,34H,4,7-8,10-11,13-14,19H2,1-2H3,(H2,30,31). The molecule has 36 heavy (non-hydrogen) atoms. The van der Waals surface area contributed by atoms with Gasteiger partial charge in [-0.1, -0.05) is 30.4 Å². The number of rotatable bonds is 6. The second-order valence-electron chi connectivity index (χ2n) is 10.3. The number of likely N-dealkylation sites (tertiary alicyclic amines) is 1. The number of nitrogens with zero attached hydrogens (tertiary/aromatic N) is 3. The topological polar surface area (TPSA) is 84.5 Å². The molecule has 0 amide bonds. The van der Waals surface area contributed by atoms with Crippen molar-refractivity contribution in [2.75, 3.05) is 25.9 Å². The summed E-state index contributed by atoms with van der Waals surface area (Å²) in [7, 11) is 2.18. The fraction of sp³-hybridized carbons (Fsp3) is 0.448. The first-order valence-corrected chi connectivity index (χ1v) is 13.6. The molecule has 7 heteroatoms. The zero-order chi connectivity index (χ0) is 25.1. The maximum atomic E-state index is 10.6. The van der Waals surface area contributed by atoms with Gasteiger partial charge in [-0.25, -0.2) is 9.97 Å². The number of hydrogen-bond acceptors (Lipinski definition) is 7. The second kappa shape index (κ2) is 10.6. The van der Waals surface area contributed by atoms with Gasteiger partial charge < -0.3 is 20.5 Å². The second-order valence-corrected chi connectivity index (χ2v) is 11.3. The van der Waals surface area contributed by atoms with Crippen LogP contribution in [0.2, 0.25) is 0 Å². The van der Waals surface area contributed by atoms with Gasteiger partial charge in [0.1, 0.15) is 12.2 Å². The van der Waals surface area contributed by atoms with Crippen LogP contribution in [0.15, 0.2) is 42.7 Å². The molecule has 1 saturated carbocycles. The van der Waals surface area contributed by atoms with E-state index in [0.717, 1.165) is 60.3 Å². The monoisotopic (exact) mass is 502 g/mol. The normalized spacial score (nSPS) is 18.6. The number of nitrogen functional groups attached to an aromatic ring is 1. The van der Waals surface area contributed by atoms with Crippen molar-refractivity contribution < 1.29 is 9.84 Å². The minimum absolute atomic E-state index is 0.276. The summed E-state index contributed by atoms with van der Waals surface area (Å²) in [5, 5.41) is 11.8. The molecule has 2 aliphatic rings. The number of aromatic nitrogens is 2. The van der Waals surface area contributed by atoms with Gasteiger partial charge in [0.2, 0.25) is 0 Å². The molecule has 0 bridgehead atoms. The van der Waals surface area contributed by atoms with E-state index in [1.807, 2.05) is 43.5 Å². The number of piperidine rings is 1. The van der Waals surface area contributed by atoms with Crippen LogP contribution in [0.25, 0.3) is 10.4 Å². The molecule has 188 valence electrons. The first kappa shape index (κ1) is 24.8. The largest absolute Gasteiger partial charge is 0.485 e. The van der Waals surface area contributed by atoms with Crippen LogP contribution in [-0.2, 0) is 6.61 Å². The first-order valence-electron chi connectivity index (χ1n) is 12.7. The Balaban J connectivity index is 1.25. The third-order valence-corrected chi connectivity index (χ3v) is 8.65. The molecular formula is C29H34N4O2S. The predicted octanol–water partition coefficient (Wildman–Crippen LogP) is 5.08. The van der Waals surface area contributed by atoms with Gasteiger partial charge >= 0.3 is 0 Å². The number of thiazole rings is 1. The number of anilines is 1. The number of pyridine rings is 1. The van der Waals surface area contributed by atoms with Crippen molar-refractivity contribution in [3.05, 3.63) is 58.9 Å². The predicted molar refractivity (Wildman–Crippen MR) is 145 cm³/mol. The molecule has 1 aliphatic heterocycles. The van der Waals surface area contributed by atoms with Gasteiger partial charge in [-0.05, 0) is 82.4 Å². The molecule has 3 N–H and O–H groups in total. The van der Waals surface area contributed by atoms with Crippen LogP contribution >= 0.6 is 11.3 Å². The molecule has 6 nitrogen and oxygen atoms in total. The number of ether oxygens (including phenoxy) is 1. The Morgan fingerprint density at radius 2 is 1.97 bits per heavy atom. The Morgan fingerprint density at radius 1 is 1.17 bits per heavy atom. The van der Waals surface area contributed by atoms with Crippen molar-refractivity contribution in [1.29, 1.82) is 0 Å². The molecule has 1 aliphatic carbocycles. The third-order valence-electron chi connectivity index (χ3n) is 7.44. The van der Waals surface area contributed by atoms with Gasteiger partial charge in [-0.3, -0.25) is 0 Å². The van der Waals surface area contributed by atoms with Crippen molar-refractivity contribution in [3.8, 4) is 28.0 Å². The van der Waals surface area contributed by atoms with Crippen molar-refractivity contribution in [1.82, 2.24) is 14.9 Å². The van der Waals surface area contributed by atoms with E-state index in [1.165, 1.54) is 11.4 Å². The van der Waals surface area contributed by atoms with Crippen LogP contribution in [0, 0.1) is 17.8 Å². The third kappa shape index (κ3) is 5.73. The van der Waals surface area contributed by atoms with Gasteiger partial charge in [-0.15, -0.1) is 11.3 Å². The van der Waals surface area contributed by atoms with Crippen molar-refractivity contribution >= 4 is 17.2 Å². The summed E-state index contributed by atoms with van der Waals surface area (Å²) < 4.78 is 6.08. The zero-order valence-electron chi connectivity index (χ0n) is 21.0. The van der Waals surface area contributed by atoms with Crippen LogP contribution in [-0.4, -0.2) is 45.7 Å². The molecule has 1 saturated heterocycles. The molecule has 1 aromatic carbocycles. The number of nitrogens with two attached hydrogens (primary N) is 1. The Morgan fingerprint density at radius 3 is 2.72 bits per heavy atom. The Labute approximate surface area is 217 Å². The summed E-state index contributed by atoms with van der Waals surface area (Å²) in [5.41, 5.74) is 8.01. The average molecular weight is 503 g/mol. The summed E-state index contributed by atoms with van der Waals surface area (Å²) in [5.74, 6) is 7.95. The van der Waals surface area contributed by atoms with E-state index in [0.29, 0.717) is 24.1 Å². The zero-order valence-corrected chi connectivity index (χ0v) is 21.9. The molecule has 0 radical (unpaired) electrons. The first-order chi connectivity index (χ1) is 17.4. The molecule has 0 spiro atoms. The van der Waals surface area contributed by atoms with Gasteiger partial charge in [0.25, 0.3) is 0 Å². The highest BCUT2D eigenvalue weighted by Crippen LogP contribution is 2.37. The summed E-state index contributed by atoms with van der Waals surface area (Å²) in [6.45, 7) is 4.41. The van der Waals surface area contributed by atoms with E-state index in [2.05, 4.69) is 28.8 Å².